The zero-order valence-corrected chi connectivity index (χ0v) is 17.1. The van der Waals surface area contributed by atoms with Crippen LogP contribution in [-0.4, -0.2) is 61.4 Å². The van der Waals surface area contributed by atoms with Crippen LogP contribution in [0.1, 0.15) is 46.5 Å². The average Bonchev–Trinajstić information content (AvgIpc) is 2.49. The van der Waals surface area contributed by atoms with Crippen molar-refractivity contribution in [1.82, 2.24) is 4.90 Å². The fourth-order valence-corrected chi connectivity index (χ4v) is 4.44. The van der Waals surface area contributed by atoms with Crippen LogP contribution in [0.15, 0.2) is 0 Å². The molecule has 0 amide bonds. The second kappa shape index (κ2) is 7.47. The van der Waals surface area contributed by atoms with Gasteiger partial charge in [0.1, 0.15) is 5.60 Å². The van der Waals surface area contributed by atoms with Gasteiger partial charge in [-0.05, 0) is 43.9 Å². The number of aliphatic hydroxyl groups is 2. The van der Waals surface area contributed by atoms with Crippen LogP contribution in [0.3, 0.4) is 0 Å². The van der Waals surface area contributed by atoms with E-state index < -0.39 is 13.9 Å². The molecule has 0 spiro atoms. The van der Waals surface area contributed by atoms with Crippen LogP contribution in [0.5, 0.6) is 0 Å². The van der Waals surface area contributed by atoms with Gasteiger partial charge in [-0.3, -0.25) is 4.90 Å². The van der Waals surface area contributed by atoms with Crippen molar-refractivity contribution in [1.29, 1.82) is 0 Å². The van der Waals surface area contributed by atoms with E-state index in [-0.39, 0.29) is 17.6 Å². The molecule has 0 saturated carbocycles. The highest BCUT2D eigenvalue weighted by Crippen LogP contribution is 2.41. The quantitative estimate of drug-likeness (QED) is 0.453. The summed E-state index contributed by atoms with van der Waals surface area (Å²) in [5, 5.41) is 20.0. The topological polar surface area (TPSA) is 52.9 Å². The van der Waals surface area contributed by atoms with E-state index >= 15 is 0 Å². The van der Waals surface area contributed by atoms with Gasteiger partial charge in [-0.25, -0.2) is 0 Å². The Labute approximate surface area is 148 Å². The molecule has 2 bridgehead atoms. The third kappa shape index (κ3) is 4.42. The second-order valence-corrected chi connectivity index (χ2v) is 13.8. The van der Waals surface area contributed by atoms with Gasteiger partial charge < -0.3 is 14.6 Å². The number of fused-ring (bicyclic) bond motifs is 3. The second-order valence-electron chi connectivity index (χ2n) is 8.97. The highest BCUT2D eigenvalue weighted by atomic mass is 28.4. The molecule has 3 aliphatic rings. The van der Waals surface area contributed by atoms with Gasteiger partial charge in [-0.1, -0.05) is 26.7 Å². The minimum absolute atomic E-state index is 0.162. The van der Waals surface area contributed by atoms with Gasteiger partial charge in [0, 0.05) is 38.1 Å². The van der Waals surface area contributed by atoms with Crippen molar-refractivity contribution in [3.63, 3.8) is 0 Å². The maximum absolute atomic E-state index is 10.9. The van der Waals surface area contributed by atoms with Crippen molar-refractivity contribution < 1.29 is 14.6 Å². The third-order valence-electron chi connectivity index (χ3n) is 6.16. The van der Waals surface area contributed by atoms with Crippen molar-refractivity contribution in [3.8, 4) is 11.8 Å². The zero-order valence-electron chi connectivity index (χ0n) is 16.1. The number of unbranched alkanes of at least 4 members (excludes halogenated alkanes) is 1. The van der Waals surface area contributed by atoms with E-state index in [1.54, 1.807) is 0 Å². The van der Waals surface area contributed by atoms with Crippen LogP contribution in [0.25, 0.3) is 0 Å². The molecular weight excluding hydrogens is 318 g/mol. The van der Waals surface area contributed by atoms with Gasteiger partial charge in [0.2, 0.25) is 0 Å². The average molecular weight is 354 g/mol. The molecule has 0 aromatic heterocycles. The summed E-state index contributed by atoms with van der Waals surface area (Å²) in [6.07, 6.45) is 3.32. The van der Waals surface area contributed by atoms with E-state index in [0.29, 0.717) is 25.4 Å². The Morgan fingerprint density at radius 1 is 1.33 bits per heavy atom. The van der Waals surface area contributed by atoms with Crippen molar-refractivity contribution in [2.24, 2.45) is 5.92 Å². The molecule has 24 heavy (non-hydrogen) atoms. The number of aliphatic hydroxyl groups excluding tert-OH is 1. The Hall–Kier alpha value is -0.383. The van der Waals surface area contributed by atoms with E-state index in [0.717, 1.165) is 26.0 Å². The molecule has 3 saturated heterocycles. The molecule has 5 heteroatoms. The largest absolute Gasteiger partial charge is 0.415 e. The van der Waals surface area contributed by atoms with E-state index in [4.69, 9.17) is 9.53 Å². The van der Waals surface area contributed by atoms with Crippen LogP contribution in [0.4, 0.5) is 0 Å². The molecule has 3 rings (SSSR count). The molecule has 138 valence electrons. The van der Waals surface area contributed by atoms with Gasteiger partial charge in [0.15, 0.2) is 8.32 Å². The van der Waals surface area contributed by atoms with Crippen LogP contribution in [-0.2, 0) is 4.43 Å². The molecule has 0 aliphatic carbocycles. The summed E-state index contributed by atoms with van der Waals surface area (Å²) in [7, 11) is -1.72. The first-order valence-electron chi connectivity index (χ1n) is 9.30. The molecule has 3 aliphatic heterocycles. The first-order valence-corrected chi connectivity index (χ1v) is 12.2. The summed E-state index contributed by atoms with van der Waals surface area (Å²) >= 11 is 0. The summed E-state index contributed by atoms with van der Waals surface area (Å²) in [6.45, 7) is 14.0. The van der Waals surface area contributed by atoms with E-state index in [1.165, 1.54) is 0 Å². The van der Waals surface area contributed by atoms with Gasteiger partial charge >= 0.3 is 0 Å². The molecule has 1 unspecified atom stereocenters. The molecule has 0 radical (unpaired) electrons. The van der Waals surface area contributed by atoms with Crippen LogP contribution >= 0.6 is 0 Å². The summed E-state index contributed by atoms with van der Waals surface area (Å²) in [5.41, 5.74) is -0.874. The fourth-order valence-electron chi connectivity index (χ4n) is 3.40. The Balaban J connectivity index is 1.94. The van der Waals surface area contributed by atoms with Crippen molar-refractivity contribution >= 4 is 8.32 Å². The van der Waals surface area contributed by atoms with Gasteiger partial charge in [-0.2, -0.15) is 0 Å². The van der Waals surface area contributed by atoms with Gasteiger partial charge in [0.05, 0.1) is 0 Å². The third-order valence-corrected chi connectivity index (χ3v) is 10.7. The molecule has 0 aromatic rings. The van der Waals surface area contributed by atoms with Crippen molar-refractivity contribution in [2.45, 2.75) is 76.2 Å². The first kappa shape index (κ1) is 19.9. The lowest BCUT2D eigenvalue weighted by Crippen LogP contribution is -2.63. The summed E-state index contributed by atoms with van der Waals surface area (Å²) in [5.74, 6) is 6.41. The Morgan fingerprint density at radius 3 is 2.58 bits per heavy atom. The molecule has 0 aromatic carbocycles. The first-order chi connectivity index (χ1) is 11.1. The fraction of sp³-hybridized carbons (Fsp3) is 0.895. The number of hydrogen-bond donors (Lipinski definition) is 2. The lowest BCUT2D eigenvalue weighted by Gasteiger charge is -2.53. The predicted octanol–water partition coefficient (Wildman–Crippen LogP) is 2.61. The van der Waals surface area contributed by atoms with Crippen LogP contribution in [0, 0.1) is 17.8 Å². The lowest BCUT2D eigenvalue weighted by molar-refractivity contribution is -0.105. The van der Waals surface area contributed by atoms with Crippen molar-refractivity contribution in [3.05, 3.63) is 0 Å². The van der Waals surface area contributed by atoms with Crippen LogP contribution < -0.4 is 0 Å². The Kier molecular flexibility index (Phi) is 6.20. The van der Waals surface area contributed by atoms with Gasteiger partial charge in [-0.15, -0.1) is 5.92 Å². The summed E-state index contributed by atoms with van der Waals surface area (Å²) in [4.78, 5) is 2.37. The number of rotatable bonds is 5. The molecule has 4 atom stereocenters. The number of hydrogen-bond acceptors (Lipinski definition) is 4. The smallest absolute Gasteiger partial charge is 0.192 e. The van der Waals surface area contributed by atoms with Crippen molar-refractivity contribution in [2.75, 3.05) is 26.3 Å². The molecular formula is C19H35NO3Si. The monoisotopic (exact) mass is 353 g/mol. The number of piperidine rings is 3. The molecule has 3 fully saturated rings. The molecule has 4 nitrogen and oxygen atoms in total. The normalized spacial score (nSPS) is 33.2. The molecule has 2 N–H and O–H groups in total. The highest BCUT2D eigenvalue weighted by Gasteiger charge is 2.49. The summed E-state index contributed by atoms with van der Waals surface area (Å²) in [6, 6.07) is 0.414. The van der Waals surface area contributed by atoms with E-state index in [9.17, 15) is 5.11 Å². The van der Waals surface area contributed by atoms with Gasteiger partial charge in [0.25, 0.3) is 0 Å². The minimum atomic E-state index is -1.72. The molecule has 3 heterocycles. The van der Waals surface area contributed by atoms with Crippen LogP contribution in [0.2, 0.25) is 18.1 Å². The Bertz CT molecular complexity index is 491. The zero-order chi connectivity index (χ0) is 18.0. The summed E-state index contributed by atoms with van der Waals surface area (Å²) < 4.78 is 6.42. The Morgan fingerprint density at radius 2 is 2.04 bits per heavy atom. The minimum Gasteiger partial charge on any atom is -0.415 e. The standard InChI is InChI=1S/C19H35NO3Si/c1-18(2,3)24(4,5)23-14-17-13-16-9-11-20(17)15-19(16,22)10-7-6-8-12-21/h16-17,21-22H,6,8-9,11-15H2,1-5H3/t16-,17-,19-/m0/s1. The predicted molar refractivity (Wildman–Crippen MR) is 100 cm³/mol. The van der Waals surface area contributed by atoms with E-state index in [1.807, 2.05) is 0 Å². The highest BCUT2D eigenvalue weighted by molar-refractivity contribution is 6.74. The SMILES string of the molecule is CC(C)(C)[Si](C)(C)OC[C@@H]1C[C@@H]2CCN1C[C@@]2(O)C#CCCCO. The lowest BCUT2D eigenvalue weighted by atomic mass is 9.73. The van der Waals surface area contributed by atoms with E-state index in [2.05, 4.69) is 50.6 Å². The number of nitrogens with zero attached hydrogens (tertiary/aromatic N) is 1. The maximum atomic E-state index is 10.9. The maximum Gasteiger partial charge on any atom is 0.192 e.